The molecule has 0 aliphatic rings. The number of hydrogen-bond donors (Lipinski definition) is 6. The van der Waals surface area contributed by atoms with Gasteiger partial charge in [-0.2, -0.15) is 15.0 Å². The highest BCUT2D eigenvalue weighted by molar-refractivity contribution is 5.70. The topological polar surface area (TPSA) is 161 Å². The number of anilines is 7. The summed E-state index contributed by atoms with van der Waals surface area (Å²) in [4.78, 5) is 37.6. The lowest BCUT2D eigenvalue weighted by atomic mass is 9.84. The largest absolute Gasteiger partial charge is 0.481 e. The summed E-state index contributed by atoms with van der Waals surface area (Å²) < 4.78 is 0. The van der Waals surface area contributed by atoms with E-state index in [1.807, 2.05) is 72.8 Å². The predicted octanol–water partition coefficient (Wildman–Crippen LogP) is 10.5. The highest BCUT2D eigenvalue weighted by atomic mass is 16.4. The Bertz CT molecular complexity index is 1680. The Morgan fingerprint density at radius 1 is 0.574 bits per heavy atom. The molecule has 4 unspecified atom stereocenters. The van der Waals surface area contributed by atoms with Crippen molar-refractivity contribution in [1.29, 1.82) is 0 Å². The minimum absolute atomic E-state index is 0.0650. The number of carboxylic acids is 2. The summed E-state index contributed by atoms with van der Waals surface area (Å²) in [6, 6.07) is 23.9. The SMILES string of the molecule is CCCCC(Cc1ccc(Nc2nc(Nc3ccc(CC(CCCC)C(C)C(=O)O)cc3)nc(Nc3ccc(NC(C)(C)C)cc3)n2)cc1)C(C)C(=O)O. The maximum absolute atomic E-state index is 11.8. The third kappa shape index (κ3) is 13.3. The summed E-state index contributed by atoms with van der Waals surface area (Å²) in [6.45, 7) is 14.2. The van der Waals surface area contributed by atoms with Crippen LogP contribution in [0, 0.1) is 23.7 Å². The molecule has 11 heteroatoms. The highest BCUT2D eigenvalue weighted by Crippen LogP contribution is 2.28. The standard InChI is InChI=1S/C43H59N7O4/c1-8-10-12-32(28(3)38(51)52)26-30-14-18-34(19-15-30)44-40-47-41(49-42(48-40)46-36-22-24-37(25-23-36)50-43(5,6)7)45-35-20-16-31(17-21-35)27-33(13-11-9-2)29(4)39(53)54/h14-25,28-29,32-33,50H,8-13,26-27H2,1-7H3,(H,51,52)(H,53,54)(H3,44,45,46,47,48,49). The first-order chi connectivity index (χ1) is 25.7. The van der Waals surface area contributed by atoms with Gasteiger partial charge in [-0.3, -0.25) is 9.59 Å². The van der Waals surface area contributed by atoms with Crippen LogP contribution in [-0.2, 0) is 22.4 Å². The fraction of sp³-hybridized carbons (Fsp3) is 0.465. The van der Waals surface area contributed by atoms with Gasteiger partial charge >= 0.3 is 11.9 Å². The Labute approximate surface area is 320 Å². The van der Waals surface area contributed by atoms with Gasteiger partial charge in [0.15, 0.2) is 0 Å². The number of nitrogens with zero attached hydrogens (tertiary/aromatic N) is 3. The van der Waals surface area contributed by atoms with E-state index in [1.165, 1.54) is 0 Å². The molecule has 0 saturated carbocycles. The maximum Gasteiger partial charge on any atom is 0.306 e. The Morgan fingerprint density at radius 3 is 1.19 bits per heavy atom. The molecule has 0 aliphatic carbocycles. The molecule has 290 valence electrons. The molecule has 1 aromatic heterocycles. The number of carboxylic acid groups (broad SMARTS) is 2. The van der Waals surface area contributed by atoms with Crippen LogP contribution in [0.1, 0.15) is 98.1 Å². The Hall–Kier alpha value is -5.19. The highest BCUT2D eigenvalue weighted by Gasteiger charge is 2.24. The molecule has 0 amide bonds. The van der Waals surface area contributed by atoms with Gasteiger partial charge in [-0.05, 0) is 118 Å². The summed E-state index contributed by atoms with van der Waals surface area (Å²) in [7, 11) is 0. The van der Waals surface area contributed by atoms with Gasteiger partial charge in [0.2, 0.25) is 17.8 Å². The van der Waals surface area contributed by atoms with Crippen molar-refractivity contribution in [1.82, 2.24) is 15.0 Å². The Kier molecular flexibility index (Phi) is 15.2. The second-order valence-corrected chi connectivity index (χ2v) is 15.5. The molecule has 4 atom stereocenters. The zero-order valence-electron chi connectivity index (χ0n) is 32.9. The lowest BCUT2D eigenvalue weighted by molar-refractivity contribution is -0.144. The van der Waals surface area contributed by atoms with E-state index in [-0.39, 0.29) is 17.4 Å². The van der Waals surface area contributed by atoms with E-state index in [9.17, 15) is 19.8 Å². The molecular formula is C43H59N7O4. The lowest BCUT2D eigenvalue weighted by Crippen LogP contribution is -2.25. The normalized spacial score (nSPS) is 13.7. The zero-order chi connectivity index (χ0) is 39.3. The van der Waals surface area contributed by atoms with Crippen LogP contribution < -0.4 is 21.3 Å². The first-order valence-corrected chi connectivity index (χ1v) is 19.3. The summed E-state index contributed by atoms with van der Waals surface area (Å²) in [5, 5.41) is 32.8. The Morgan fingerprint density at radius 2 is 0.889 bits per heavy atom. The smallest absolute Gasteiger partial charge is 0.306 e. The average molecular weight is 738 g/mol. The van der Waals surface area contributed by atoms with Gasteiger partial charge in [0.25, 0.3) is 0 Å². The fourth-order valence-electron chi connectivity index (χ4n) is 6.45. The van der Waals surface area contributed by atoms with Crippen LogP contribution in [0.4, 0.5) is 40.6 Å². The van der Waals surface area contributed by atoms with Gasteiger partial charge < -0.3 is 31.5 Å². The van der Waals surface area contributed by atoms with E-state index in [1.54, 1.807) is 13.8 Å². The second-order valence-electron chi connectivity index (χ2n) is 15.5. The van der Waals surface area contributed by atoms with Crippen LogP contribution >= 0.6 is 0 Å². The first-order valence-electron chi connectivity index (χ1n) is 19.3. The van der Waals surface area contributed by atoms with E-state index in [0.29, 0.717) is 30.7 Å². The molecule has 1 heterocycles. The van der Waals surface area contributed by atoms with E-state index in [4.69, 9.17) is 0 Å². The third-order valence-electron chi connectivity index (χ3n) is 9.76. The van der Waals surface area contributed by atoms with Crippen LogP contribution in [0.25, 0.3) is 0 Å². The van der Waals surface area contributed by atoms with Gasteiger partial charge in [-0.1, -0.05) is 77.6 Å². The Balaban J connectivity index is 1.55. The van der Waals surface area contributed by atoms with Gasteiger partial charge in [0.05, 0.1) is 11.8 Å². The minimum atomic E-state index is -0.757. The number of rotatable bonds is 21. The van der Waals surface area contributed by atoms with Crippen LogP contribution in [0.15, 0.2) is 72.8 Å². The molecule has 11 nitrogen and oxygen atoms in total. The maximum atomic E-state index is 11.8. The van der Waals surface area contributed by atoms with Gasteiger partial charge in [0, 0.05) is 28.3 Å². The van der Waals surface area contributed by atoms with E-state index < -0.39 is 23.8 Å². The van der Waals surface area contributed by atoms with Crippen molar-refractivity contribution in [3.8, 4) is 0 Å². The summed E-state index contributed by atoms with van der Waals surface area (Å²) in [5.41, 5.74) is 5.48. The van der Waals surface area contributed by atoms with E-state index in [2.05, 4.69) is 70.8 Å². The van der Waals surface area contributed by atoms with Crippen LogP contribution in [0.5, 0.6) is 0 Å². The van der Waals surface area contributed by atoms with Crippen molar-refractivity contribution in [2.24, 2.45) is 23.7 Å². The molecule has 0 spiro atoms. The molecule has 4 rings (SSSR count). The molecule has 0 radical (unpaired) electrons. The molecular weight excluding hydrogens is 679 g/mol. The van der Waals surface area contributed by atoms with E-state index in [0.717, 1.165) is 72.4 Å². The van der Waals surface area contributed by atoms with Crippen LogP contribution in [0.2, 0.25) is 0 Å². The van der Waals surface area contributed by atoms with Crippen LogP contribution in [0.3, 0.4) is 0 Å². The van der Waals surface area contributed by atoms with Gasteiger partial charge in [-0.15, -0.1) is 0 Å². The second kappa shape index (κ2) is 19.8. The summed E-state index contributed by atoms with van der Waals surface area (Å²) in [6.07, 6.45) is 7.22. The molecule has 3 aromatic carbocycles. The monoisotopic (exact) mass is 737 g/mol. The summed E-state index contributed by atoms with van der Waals surface area (Å²) in [5.74, 6) is -1.18. The fourth-order valence-corrected chi connectivity index (χ4v) is 6.45. The number of benzene rings is 3. The minimum Gasteiger partial charge on any atom is -0.481 e. The molecule has 6 N–H and O–H groups in total. The van der Waals surface area contributed by atoms with Crippen molar-refractivity contribution in [3.05, 3.63) is 83.9 Å². The number of aromatic nitrogens is 3. The number of nitrogens with one attached hydrogen (secondary N) is 4. The quantitative estimate of drug-likeness (QED) is 0.0483. The van der Waals surface area contributed by atoms with Crippen molar-refractivity contribution >= 4 is 52.5 Å². The molecule has 0 aliphatic heterocycles. The van der Waals surface area contributed by atoms with Gasteiger partial charge in [-0.25, -0.2) is 0 Å². The molecule has 0 saturated heterocycles. The molecule has 0 fully saturated rings. The number of unbranched alkanes of at least 4 members (excludes halogenated alkanes) is 2. The third-order valence-corrected chi connectivity index (χ3v) is 9.76. The number of hydrogen-bond acceptors (Lipinski definition) is 9. The lowest BCUT2D eigenvalue weighted by Gasteiger charge is -2.22. The van der Waals surface area contributed by atoms with Gasteiger partial charge in [0.1, 0.15) is 0 Å². The summed E-state index contributed by atoms with van der Waals surface area (Å²) >= 11 is 0. The van der Waals surface area contributed by atoms with E-state index >= 15 is 0 Å². The predicted molar refractivity (Wildman–Crippen MR) is 219 cm³/mol. The van der Waals surface area contributed by atoms with Crippen LogP contribution in [-0.4, -0.2) is 42.6 Å². The molecule has 54 heavy (non-hydrogen) atoms. The number of carbonyl (C=O) groups is 2. The van der Waals surface area contributed by atoms with Crippen molar-refractivity contribution in [2.45, 2.75) is 105 Å². The van der Waals surface area contributed by atoms with Crippen molar-refractivity contribution < 1.29 is 19.8 Å². The van der Waals surface area contributed by atoms with Crippen molar-refractivity contribution in [2.75, 3.05) is 21.3 Å². The number of aliphatic carboxylic acids is 2. The molecule has 4 aromatic rings. The van der Waals surface area contributed by atoms with Crippen molar-refractivity contribution in [3.63, 3.8) is 0 Å². The first kappa shape index (κ1) is 41.6. The molecule has 0 bridgehead atoms. The average Bonchev–Trinajstić information content (AvgIpc) is 3.12. The zero-order valence-corrected chi connectivity index (χ0v) is 32.9.